The lowest BCUT2D eigenvalue weighted by Crippen LogP contribution is -2.27. The summed E-state index contributed by atoms with van der Waals surface area (Å²) in [7, 11) is -3.37. The summed E-state index contributed by atoms with van der Waals surface area (Å²) in [5.74, 6) is 0.521. The summed E-state index contributed by atoms with van der Waals surface area (Å²) in [6.45, 7) is 2.11. The first-order chi connectivity index (χ1) is 7.13. The van der Waals surface area contributed by atoms with Crippen LogP contribution in [0.4, 0.5) is 0 Å². The van der Waals surface area contributed by atoms with Gasteiger partial charge in [0.25, 0.3) is 10.0 Å². The van der Waals surface area contributed by atoms with Crippen LogP contribution in [0, 0.1) is 5.92 Å². The van der Waals surface area contributed by atoms with Crippen LogP contribution < -0.4 is 4.72 Å². The number of nitrogens with one attached hydrogen (secondary N) is 2. The molecule has 1 aromatic heterocycles. The van der Waals surface area contributed by atoms with Gasteiger partial charge in [0, 0.05) is 6.04 Å². The molecule has 0 aromatic carbocycles. The van der Waals surface area contributed by atoms with Gasteiger partial charge in [-0.15, -0.1) is 0 Å². The second-order valence-corrected chi connectivity index (χ2v) is 5.62. The number of sulfonamides is 1. The van der Waals surface area contributed by atoms with Gasteiger partial charge in [-0.3, -0.25) is 5.10 Å². The maximum absolute atomic E-state index is 11.7. The molecular formula is C9H15N3O2S. The van der Waals surface area contributed by atoms with Crippen molar-refractivity contribution in [3.05, 3.63) is 12.3 Å². The van der Waals surface area contributed by atoms with Crippen molar-refractivity contribution in [1.82, 2.24) is 14.9 Å². The minimum Gasteiger partial charge on any atom is -0.266 e. The highest BCUT2D eigenvalue weighted by Gasteiger charge is 2.39. The maximum Gasteiger partial charge on any atom is 0.257 e. The lowest BCUT2D eigenvalue weighted by molar-refractivity contribution is 0.569. The van der Waals surface area contributed by atoms with Crippen molar-refractivity contribution in [1.29, 1.82) is 0 Å². The summed E-state index contributed by atoms with van der Waals surface area (Å²) in [5, 5.41) is 6.23. The molecular weight excluding hydrogens is 214 g/mol. The van der Waals surface area contributed by atoms with Gasteiger partial charge in [0.05, 0.1) is 6.20 Å². The van der Waals surface area contributed by atoms with E-state index < -0.39 is 10.0 Å². The van der Waals surface area contributed by atoms with Crippen LogP contribution in [0.5, 0.6) is 0 Å². The van der Waals surface area contributed by atoms with Crippen LogP contribution in [0.1, 0.15) is 26.2 Å². The van der Waals surface area contributed by atoms with Crippen LogP contribution in [-0.4, -0.2) is 24.7 Å². The van der Waals surface area contributed by atoms with Gasteiger partial charge in [-0.1, -0.05) is 13.3 Å². The summed E-state index contributed by atoms with van der Waals surface area (Å²) in [5.41, 5.74) is 0. The molecule has 1 saturated carbocycles. The van der Waals surface area contributed by atoms with Gasteiger partial charge in [0.15, 0.2) is 5.03 Å². The van der Waals surface area contributed by atoms with Crippen LogP contribution in [-0.2, 0) is 10.0 Å². The molecule has 1 fully saturated rings. The topological polar surface area (TPSA) is 74.8 Å². The maximum atomic E-state index is 11.7. The minimum atomic E-state index is -3.37. The number of hydrogen-bond acceptors (Lipinski definition) is 3. The fourth-order valence-corrected chi connectivity index (χ4v) is 2.96. The van der Waals surface area contributed by atoms with Crippen molar-refractivity contribution in [3.8, 4) is 0 Å². The molecule has 1 aliphatic carbocycles. The molecule has 0 saturated heterocycles. The summed E-state index contributed by atoms with van der Waals surface area (Å²) in [4.78, 5) is 0. The lowest BCUT2D eigenvalue weighted by Gasteiger charge is -2.03. The molecule has 15 heavy (non-hydrogen) atoms. The van der Waals surface area contributed by atoms with E-state index in [1.807, 2.05) is 0 Å². The van der Waals surface area contributed by atoms with Crippen molar-refractivity contribution >= 4 is 10.0 Å². The van der Waals surface area contributed by atoms with E-state index in [1.54, 1.807) is 0 Å². The van der Waals surface area contributed by atoms with Gasteiger partial charge < -0.3 is 0 Å². The molecule has 2 rings (SSSR count). The van der Waals surface area contributed by atoms with Crippen molar-refractivity contribution < 1.29 is 8.42 Å². The zero-order chi connectivity index (χ0) is 10.9. The predicted molar refractivity (Wildman–Crippen MR) is 55.7 cm³/mol. The number of H-pyrrole nitrogens is 1. The van der Waals surface area contributed by atoms with E-state index in [2.05, 4.69) is 21.8 Å². The molecule has 0 bridgehead atoms. The molecule has 5 nitrogen and oxygen atoms in total. The SMILES string of the molecule is CCCC1CC1NS(=O)(=O)c1ccn[nH]1. The van der Waals surface area contributed by atoms with E-state index in [0.29, 0.717) is 5.92 Å². The van der Waals surface area contributed by atoms with Crippen molar-refractivity contribution in [2.24, 2.45) is 5.92 Å². The summed E-state index contributed by atoms with van der Waals surface area (Å²) in [6.07, 6.45) is 4.59. The van der Waals surface area contributed by atoms with Gasteiger partial charge in [0.2, 0.25) is 0 Å². The summed E-state index contributed by atoms with van der Waals surface area (Å²) < 4.78 is 26.1. The summed E-state index contributed by atoms with van der Waals surface area (Å²) >= 11 is 0. The highest BCUT2D eigenvalue weighted by atomic mass is 32.2. The Bertz CT molecular complexity index is 413. The average Bonchev–Trinajstić information content (AvgIpc) is 2.72. The molecule has 0 amide bonds. The number of aromatic amines is 1. The predicted octanol–water partition coefficient (Wildman–Crippen LogP) is 0.877. The number of hydrogen-bond donors (Lipinski definition) is 2. The molecule has 2 unspecified atom stereocenters. The van der Waals surface area contributed by atoms with Crippen LogP contribution in [0.15, 0.2) is 17.3 Å². The Kier molecular flexibility index (Phi) is 2.79. The summed E-state index contributed by atoms with van der Waals surface area (Å²) in [6, 6.07) is 1.58. The molecule has 2 atom stereocenters. The van der Waals surface area contributed by atoms with Gasteiger partial charge >= 0.3 is 0 Å². The van der Waals surface area contributed by atoms with Crippen molar-refractivity contribution in [2.75, 3.05) is 0 Å². The van der Waals surface area contributed by atoms with E-state index in [9.17, 15) is 8.42 Å². The van der Waals surface area contributed by atoms with Gasteiger partial charge in [-0.2, -0.15) is 5.10 Å². The zero-order valence-electron chi connectivity index (χ0n) is 8.60. The Hall–Kier alpha value is -0.880. The monoisotopic (exact) mass is 229 g/mol. The van der Waals surface area contributed by atoms with E-state index >= 15 is 0 Å². The van der Waals surface area contributed by atoms with Crippen LogP contribution in [0.25, 0.3) is 0 Å². The molecule has 1 heterocycles. The molecule has 6 heteroatoms. The third kappa shape index (κ3) is 2.38. The van der Waals surface area contributed by atoms with Crippen LogP contribution in [0.2, 0.25) is 0 Å². The second kappa shape index (κ2) is 3.94. The lowest BCUT2D eigenvalue weighted by atomic mass is 10.2. The smallest absolute Gasteiger partial charge is 0.257 e. The fourth-order valence-electron chi connectivity index (χ4n) is 1.74. The van der Waals surface area contributed by atoms with E-state index in [-0.39, 0.29) is 11.1 Å². The van der Waals surface area contributed by atoms with E-state index in [4.69, 9.17) is 0 Å². The first kappa shape index (κ1) is 10.6. The Labute approximate surface area is 89.3 Å². The van der Waals surface area contributed by atoms with Gasteiger partial charge in [0.1, 0.15) is 0 Å². The first-order valence-corrected chi connectivity index (χ1v) is 6.63. The Morgan fingerprint density at radius 2 is 2.47 bits per heavy atom. The van der Waals surface area contributed by atoms with Crippen LogP contribution in [0.3, 0.4) is 0 Å². The number of aromatic nitrogens is 2. The average molecular weight is 229 g/mol. The van der Waals surface area contributed by atoms with E-state index in [1.165, 1.54) is 12.3 Å². The first-order valence-electron chi connectivity index (χ1n) is 5.15. The van der Waals surface area contributed by atoms with Crippen LogP contribution >= 0.6 is 0 Å². The Balaban J connectivity index is 1.96. The third-order valence-corrected chi connectivity index (χ3v) is 4.07. The molecule has 1 aromatic rings. The number of rotatable bonds is 5. The Morgan fingerprint density at radius 1 is 1.67 bits per heavy atom. The third-order valence-electron chi connectivity index (χ3n) is 2.65. The number of nitrogens with zero attached hydrogens (tertiary/aromatic N) is 1. The minimum absolute atomic E-state index is 0.123. The molecule has 2 N–H and O–H groups in total. The quantitative estimate of drug-likeness (QED) is 0.787. The highest BCUT2D eigenvalue weighted by Crippen LogP contribution is 2.35. The largest absolute Gasteiger partial charge is 0.266 e. The zero-order valence-corrected chi connectivity index (χ0v) is 9.42. The second-order valence-electron chi connectivity index (χ2n) is 3.93. The van der Waals surface area contributed by atoms with E-state index in [0.717, 1.165) is 19.3 Å². The molecule has 84 valence electrons. The molecule has 0 radical (unpaired) electrons. The fraction of sp³-hybridized carbons (Fsp3) is 0.667. The van der Waals surface area contributed by atoms with Gasteiger partial charge in [-0.05, 0) is 24.8 Å². The molecule has 1 aliphatic rings. The van der Waals surface area contributed by atoms with Crippen molar-refractivity contribution in [2.45, 2.75) is 37.3 Å². The molecule has 0 aliphatic heterocycles. The normalized spacial score (nSPS) is 25.4. The van der Waals surface area contributed by atoms with Gasteiger partial charge in [-0.25, -0.2) is 13.1 Å². The Morgan fingerprint density at radius 3 is 3.07 bits per heavy atom. The highest BCUT2D eigenvalue weighted by molar-refractivity contribution is 7.89. The molecule has 0 spiro atoms. The standard InChI is InChI=1S/C9H15N3O2S/c1-2-3-7-6-8(7)12-15(13,14)9-4-5-10-11-9/h4-5,7-8,12H,2-3,6H2,1H3,(H,10,11). The van der Waals surface area contributed by atoms with Crippen molar-refractivity contribution in [3.63, 3.8) is 0 Å².